The van der Waals surface area contributed by atoms with Crippen LogP contribution in [-0.2, 0) is 4.79 Å². The Bertz CT molecular complexity index is 637. The average Bonchev–Trinajstić information content (AvgIpc) is 3.24. The van der Waals surface area contributed by atoms with E-state index in [1.54, 1.807) is 0 Å². The molecule has 0 saturated heterocycles. The lowest BCUT2D eigenvalue weighted by molar-refractivity contribution is -0.117. The number of anilines is 3. The van der Waals surface area contributed by atoms with Crippen LogP contribution in [-0.4, -0.2) is 5.91 Å². The standard InChI is InChI=1S/C18H20N2O/c1-12-9-13(2)11-17(10-12)19-15-5-7-16(8-6-15)20-18(21)14-3-4-14/h5-11,14,19H,3-4H2,1-2H3,(H,20,21). The van der Waals surface area contributed by atoms with Gasteiger partial charge in [-0.1, -0.05) is 6.07 Å². The molecule has 0 aromatic heterocycles. The highest BCUT2D eigenvalue weighted by Gasteiger charge is 2.29. The summed E-state index contributed by atoms with van der Waals surface area (Å²) >= 11 is 0. The molecule has 2 aromatic rings. The van der Waals surface area contributed by atoms with E-state index in [1.165, 1.54) is 11.1 Å². The van der Waals surface area contributed by atoms with Gasteiger partial charge in [-0.3, -0.25) is 4.79 Å². The molecule has 0 bridgehead atoms. The molecule has 0 radical (unpaired) electrons. The third-order valence-electron chi connectivity index (χ3n) is 3.61. The van der Waals surface area contributed by atoms with Crippen molar-refractivity contribution in [3.63, 3.8) is 0 Å². The van der Waals surface area contributed by atoms with Crippen molar-refractivity contribution in [1.29, 1.82) is 0 Å². The number of aryl methyl sites for hydroxylation is 2. The van der Waals surface area contributed by atoms with Crippen LogP contribution in [0, 0.1) is 19.8 Å². The quantitative estimate of drug-likeness (QED) is 0.871. The van der Waals surface area contributed by atoms with Crippen molar-refractivity contribution in [1.82, 2.24) is 0 Å². The second-order valence-electron chi connectivity index (χ2n) is 5.84. The second kappa shape index (κ2) is 5.60. The largest absolute Gasteiger partial charge is 0.356 e. The summed E-state index contributed by atoms with van der Waals surface area (Å²) in [6, 6.07) is 14.2. The maximum Gasteiger partial charge on any atom is 0.227 e. The molecule has 108 valence electrons. The van der Waals surface area contributed by atoms with Crippen LogP contribution in [0.15, 0.2) is 42.5 Å². The summed E-state index contributed by atoms with van der Waals surface area (Å²) in [6.07, 6.45) is 2.05. The first-order valence-corrected chi connectivity index (χ1v) is 7.36. The molecule has 0 unspecified atom stereocenters. The first-order valence-electron chi connectivity index (χ1n) is 7.36. The van der Waals surface area contributed by atoms with Gasteiger partial charge in [0.05, 0.1) is 0 Å². The number of nitrogens with one attached hydrogen (secondary N) is 2. The third kappa shape index (κ3) is 3.63. The molecule has 1 saturated carbocycles. The van der Waals surface area contributed by atoms with Crippen LogP contribution in [0.2, 0.25) is 0 Å². The van der Waals surface area contributed by atoms with Gasteiger partial charge in [-0.05, 0) is 74.2 Å². The minimum atomic E-state index is 0.144. The molecule has 0 atom stereocenters. The number of amides is 1. The van der Waals surface area contributed by atoms with E-state index < -0.39 is 0 Å². The van der Waals surface area contributed by atoms with E-state index in [2.05, 4.69) is 42.7 Å². The lowest BCUT2D eigenvalue weighted by Gasteiger charge is -2.10. The van der Waals surface area contributed by atoms with Gasteiger partial charge in [0.1, 0.15) is 0 Å². The number of carbonyl (C=O) groups excluding carboxylic acids is 1. The molecule has 3 rings (SSSR count). The topological polar surface area (TPSA) is 41.1 Å². The van der Waals surface area contributed by atoms with Crippen molar-refractivity contribution in [2.75, 3.05) is 10.6 Å². The fraction of sp³-hybridized carbons (Fsp3) is 0.278. The van der Waals surface area contributed by atoms with E-state index in [0.29, 0.717) is 0 Å². The number of hydrogen-bond acceptors (Lipinski definition) is 2. The lowest BCUT2D eigenvalue weighted by Crippen LogP contribution is -2.13. The average molecular weight is 280 g/mol. The van der Waals surface area contributed by atoms with Crippen LogP contribution in [0.5, 0.6) is 0 Å². The maximum atomic E-state index is 11.7. The van der Waals surface area contributed by atoms with Gasteiger partial charge in [0.15, 0.2) is 0 Å². The van der Waals surface area contributed by atoms with Gasteiger partial charge < -0.3 is 10.6 Å². The molecular weight excluding hydrogens is 260 g/mol. The summed E-state index contributed by atoms with van der Waals surface area (Å²) in [6.45, 7) is 4.18. The minimum absolute atomic E-state index is 0.144. The van der Waals surface area contributed by atoms with Gasteiger partial charge in [0.2, 0.25) is 5.91 Å². The van der Waals surface area contributed by atoms with Gasteiger partial charge in [0, 0.05) is 23.0 Å². The van der Waals surface area contributed by atoms with E-state index in [9.17, 15) is 4.79 Å². The first kappa shape index (κ1) is 13.7. The first-order chi connectivity index (χ1) is 10.1. The number of benzene rings is 2. The van der Waals surface area contributed by atoms with Gasteiger partial charge in [-0.2, -0.15) is 0 Å². The maximum absolute atomic E-state index is 11.7. The zero-order chi connectivity index (χ0) is 14.8. The Hall–Kier alpha value is -2.29. The van der Waals surface area contributed by atoms with Crippen LogP contribution in [0.25, 0.3) is 0 Å². The zero-order valence-corrected chi connectivity index (χ0v) is 12.4. The Morgan fingerprint density at radius 3 is 2.05 bits per heavy atom. The molecular formula is C18H20N2O. The Morgan fingerprint density at radius 1 is 0.905 bits per heavy atom. The van der Waals surface area contributed by atoms with Crippen molar-refractivity contribution >= 4 is 23.0 Å². The monoisotopic (exact) mass is 280 g/mol. The fourth-order valence-corrected chi connectivity index (χ4v) is 2.44. The van der Waals surface area contributed by atoms with Crippen molar-refractivity contribution in [2.45, 2.75) is 26.7 Å². The van der Waals surface area contributed by atoms with Gasteiger partial charge in [-0.25, -0.2) is 0 Å². The molecule has 2 aromatic carbocycles. The molecule has 0 aliphatic heterocycles. The van der Waals surface area contributed by atoms with Crippen molar-refractivity contribution < 1.29 is 4.79 Å². The molecule has 21 heavy (non-hydrogen) atoms. The molecule has 0 spiro atoms. The van der Waals surface area contributed by atoms with Crippen molar-refractivity contribution in [3.8, 4) is 0 Å². The molecule has 0 heterocycles. The summed E-state index contributed by atoms with van der Waals surface area (Å²) in [5.74, 6) is 0.378. The van der Waals surface area contributed by atoms with Gasteiger partial charge >= 0.3 is 0 Å². The summed E-state index contributed by atoms with van der Waals surface area (Å²) < 4.78 is 0. The summed E-state index contributed by atoms with van der Waals surface area (Å²) in [4.78, 5) is 11.7. The second-order valence-corrected chi connectivity index (χ2v) is 5.84. The van der Waals surface area contributed by atoms with Crippen LogP contribution in [0.4, 0.5) is 17.1 Å². The number of carbonyl (C=O) groups is 1. The van der Waals surface area contributed by atoms with Gasteiger partial charge in [0.25, 0.3) is 0 Å². The van der Waals surface area contributed by atoms with Crippen LogP contribution in [0.1, 0.15) is 24.0 Å². The SMILES string of the molecule is Cc1cc(C)cc(Nc2ccc(NC(=O)C3CC3)cc2)c1. The van der Waals surface area contributed by atoms with Crippen LogP contribution in [0.3, 0.4) is 0 Å². The highest BCUT2D eigenvalue weighted by molar-refractivity contribution is 5.94. The molecule has 1 aliphatic carbocycles. The Balaban J connectivity index is 1.67. The van der Waals surface area contributed by atoms with Crippen LogP contribution < -0.4 is 10.6 Å². The molecule has 3 heteroatoms. The van der Waals surface area contributed by atoms with Crippen LogP contribution >= 0.6 is 0 Å². The summed E-state index contributed by atoms with van der Waals surface area (Å²) in [5.41, 5.74) is 5.45. The third-order valence-corrected chi connectivity index (χ3v) is 3.61. The Morgan fingerprint density at radius 2 is 1.48 bits per heavy atom. The predicted molar refractivity (Wildman–Crippen MR) is 87.0 cm³/mol. The molecule has 1 aliphatic rings. The fourth-order valence-electron chi connectivity index (χ4n) is 2.44. The minimum Gasteiger partial charge on any atom is -0.356 e. The molecule has 1 amide bonds. The van der Waals surface area contributed by atoms with Gasteiger partial charge in [-0.15, -0.1) is 0 Å². The smallest absolute Gasteiger partial charge is 0.227 e. The highest BCUT2D eigenvalue weighted by atomic mass is 16.2. The Labute approximate surface area is 125 Å². The molecule has 3 nitrogen and oxygen atoms in total. The van der Waals surface area contributed by atoms with E-state index in [1.807, 2.05) is 24.3 Å². The van der Waals surface area contributed by atoms with Crippen molar-refractivity contribution in [2.24, 2.45) is 5.92 Å². The van der Waals surface area contributed by atoms with E-state index in [0.717, 1.165) is 29.9 Å². The van der Waals surface area contributed by atoms with Crippen molar-refractivity contribution in [3.05, 3.63) is 53.6 Å². The number of hydrogen-bond donors (Lipinski definition) is 2. The highest BCUT2D eigenvalue weighted by Crippen LogP contribution is 2.30. The van der Waals surface area contributed by atoms with E-state index >= 15 is 0 Å². The predicted octanol–water partition coefficient (Wildman–Crippen LogP) is 4.40. The van der Waals surface area contributed by atoms with E-state index in [4.69, 9.17) is 0 Å². The lowest BCUT2D eigenvalue weighted by atomic mass is 10.1. The Kier molecular flexibility index (Phi) is 3.65. The summed E-state index contributed by atoms with van der Waals surface area (Å²) in [7, 11) is 0. The molecule has 2 N–H and O–H groups in total. The summed E-state index contributed by atoms with van der Waals surface area (Å²) in [5, 5.41) is 6.33. The normalized spacial score (nSPS) is 13.8. The van der Waals surface area contributed by atoms with E-state index in [-0.39, 0.29) is 11.8 Å². The number of rotatable bonds is 4. The zero-order valence-electron chi connectivity index (χ0n) is 12.4. The molecule has 1 fully saturated rings.